The first-order valence-electron chi connectivity index (χ1n) is 10.5. The van der Waals surface area contributed by atoms with Crippen molar-refractivity contribution < 1.29 is 24.5 Å². The Hall–Kier alpha value is -4.65. The van der Waals surface area contributed by atoms with Crippen LogP contribution in [-0.4, -0.2) is 32.6 Å². The number of hydrogen-bond acceptors (Lipinski definition) is 10. The first kappa shape index (κ1) is 24.5. The van der Waals surface area contributed by atoms with E-state index in [0.29, 0.717) is 23.7 Å². The Labute approximate surface area is 206 Å². The molecule has 184 valence electrons. The van der Waals surface area contributed by atoms with Crippen molar-refractivity contribution in [1.82, 2.24) is 4.57 Å². The maximum Gasteiger partial charge on any atom is 0.338 e. The normalized spacial score (nSPS) is 15.3. The largest absolute Gasteiger partial charge is 0.502 e. The van der Waals surface area contributed by atoms with Crippen molar-refractivity contribution in [2.24, 2.45) is 4.99 Å². The average Bonchev–Trinajstić information content (AvgIpc) is 3.18. The van der Waals surface area contributed by atoms with Gasteiger partial charge in [-0.3, -0.25) is 29.6 Å². The van der Waals surface area contributed by atoms with Crippen LogP contribution in [0.25, 0.3) is 6.08 Å². The van der Waals surface area contributed by atoms with Crippen molar-refractivity contribution in [2.75, 3.05) is 7.11 Å². The van der Waals surface area contributed by atoms with Gasteiger partial charge in [0.1, 0.15) is 0 Å². The van der Waals surface area contributed by atoms with Gasteiger partial charge in [0, 0.05) is 11.6 Å². The maximum absolute atomic E-state index is 13.6. The molecule has 1 N–H and O–H groups in total. The number of thiazole rings is 1. The number of aromatic hydroxyl groups is 1. The van der Waals surface area contributed by atoms with Gasteiger partial charge in [0.2, 0.25) is 5.75 Å². The molecule has 1 aromatic heterocycles. The van der Waals surface area contributed by atoms with Gasteiger partial charge >= 0.3 is 11.7 Å². The van der Waals surface area contributed by atoms with E-state index in [2.05, 4.69) is 4.99 Å². The molecular weight excluding hydrogens is 492 g/mol. The van der Waals surface area contributed by atoms with Crippen LogP contribution in [0.1, 0.15) is 30.5 Å². The number of aromatic nitrogens is 1. The number of rotatable bonds is 6. The van der Waals surface area contributed by atoms with Crippen LogP contribution in [0.5, 0.6) is 5.75 Å². The molecule has 13 heteroatoms. The maximum atomic E-state index is 13.6. The number of carbonyl (C=O) groups excluding carboxylic acids is 1. The monoisotopic (exact) mass is 510 g/mol. The topological polar surface area (TPSA) is 167 Å². The molecule has 0 saturated heterocycles. The van der Waals surface area contributed by atoms with E-state index in [9.17, 15) is 34.9 Å². The minimum atomic E-state index is -0.952. The van der Waals surface area contributed by atoms with Gasteiger partial charge in [-0.15, -0.1) is 0 Å². The Balaban J connectivity index is 2.03. The average molecular weight is 510 g/mol. The quantitative estimate of drug-likeness (QED) is 0.299. The predicted molar refractivity (Wildman–Crippen MR) is 128 cm³/mol. The lowest BCUT2D eigenvalue weighted by Gasteiger charge is -2.25. The van der Waals surface area contributed by atoms with Crippen molar-refractivity contribution >= 4 is 34.8 Å². The Bertz CT molecular complexity index is 1620. The fraction of sp³-hybridized carbons (Fsp3) is 0.174. The molecule has 12 nitrogen and oxygen atoms in total. The highest BCUT2D eigenvalue weighted by molar-refractivity contribution is 7.07. The number of non-ortho nitro benzene ring substituents is 1. The van der Waals surface area contributed by atoms with Gasteiger partial charge in [-0.25, -0.2) is 9.79 Å². The number of nitro benzene ring substituents is 2. The van der Waals surface area contributed by atoms with Crippen LogP contribution in [0.2, 0.25) is 0 Å². The van der Waals surface area contributed by atoms with Crippen LogP contribution in [0.4, 0.5) is 11.4 Å². The summed E-state index contributed by atoms with van der Waals surface area (Å²) in [5, 5.41) is 33.0. The van der Waals surface area contributed by atoms with Crippen molar-refractivity contribution in [2.45, 2.75) is 19.4 Å². The SMILES string of the molecule is CCC1=C(C(=O)OC)[C@H](c2ccccc2)n2c(s/c(=C\c3cc([N+](=O)[O-])cc([N+](=O)[O-])c3O)c2=O)=N1. The third kappa shape index (κ3) is 4.15. The van der Waals surface area contributed by atoms with Gasteiger partial charge in [0.25, 0.3) is 11.2 Å². The summed E-state index contributed by atoms with van der Waals surface area (Å²) in [5.41, 5.74) is -1.12. The Morgan fingerprint density at radius 2 is 1.92 bits per heavy atom. The first-order chi connectivity index (χ1) is 17.2. The summed E-state index contributed by atoms with van der Waals surface area (Å²) in [4.78, 5) is 51.9. The molecule has 0 spiro atoms. The van der Waals surface area contributed by atoms with E-state index in [1.165, 1.54) is 11.7 Å². The smallest absolute Gasteiger partial charge is 0.338 e. The molecule has 0 saturated carbocycles. The van der Waals surface area contributed by atoms with Crippen LogP contribution in [0.15, 0.2) is 63.5 Å². The summed E-state index contributed by atoms with van der Waals surface area (Å²) in [6.45, 7) is 1.80. The summed E-state index contributed by atoms with van der Waals surface area (Å²) >= 11 is 0.924. The highest BCUT2D eigenvalue weighted by atomic mass is 32.1. The summed E-state index contributed by atoms with van der Waals surface area (Å²) in [6, 6.07) is 9.51. The molecule has 0 radical (unpaired) electrons. The number of allylic oxidation sites excluding steroid dienone is 1. The van der Waals surface area contributed by atoms with Crippen molar-refractivity contribution in [3.8, 4) is 5.75 Å². The molecule has 0 aliphatic carbocycles. The molecule has 4 rings (SSSR count). The summed E-state index contributed by atoms with van der Waals surface area (Å²) < 4.78 is 6.29. The third-order valence-electron chi connectivity index (χ3n) is 5.56. The third-order valence-corrected chi connectivity index (χ3v) is 6.55. The van der Waals surface area contributed by atoms with E-state index in [1.54, 1.807) is 37.3 Å². The molecule has 1 aliphatic heterocycles. The number of methoxy groups -OCH3 is 1. The van der Waals surface area contributed by atoms with Crippen molar-refractivity contribution in [3.63, 3.8) is 0 Å². The Kier molecular flexibility index (Phi) is 6.49. The molecular formula is C23H18N4O8S. The van der Waals surface area contributed by atoms with Gasteiger partial charge in [-0.1, -0.05) is 48.6 Å². The van der Waals surface area contributed by atoms with E-state index in [0.717, 1.165) is 23.5 Å². The number of nitro groups is 2. The zero-order valence-corrected chi connectivity index (χ0v) is 19.7. The van der Waals surface area contributed by atoms with E-state index in [-0.39, 0.29) is 20.5 Å². The molecule has 2 aromatic carbocycles. The molecule has 0 amide bonds. The van der Waals surface area contributed by atoms with Gasteiger partial charge in [-0.05, 0) is 18.1 Å². The van der Waals surface area contributed by atoms with Gasteiger partial charge in [0.15, 0.2) is 4.80 Å². The second-order valence-electron chi connectivity index (χ2n) is 7.62. The fourth-order valence-corrected chi connectivity index (χ4v) is 4.95. The van der Waals surface area contributed by atoms with Gasteiger partial charge < -0.3 is 9.84 Å². The van der Waals surface area contributed by atoms with Crippen LogP contribution < -0.4 is 14.9 Å². The number of nitrogens with zero attached hydrogens (tertiary/aromatic N) is 4. The second-order valence-corrected chi connectivity index (χ2v) is 8.62. The molecule has 0 fully saturated rings. The van der Waals surface area contributed by atoms with Crippen molar-refractivity contribution in [3.05, 3.63) is 105 Å². The lowest BCUT2D eigenvalue weighted by molar-refractivity contribution is -0.394. The number of hydrogen-bond donors (Lipinski definition) is 1. The van der Waals surface area contributed by atoms with Crippen LogP contribution in [-0.2, 0) is 9.53 Å². The lowest BCUT2D eigenvalue weighted by atomic mass is 9.95. The van der Waals surface area contributed by atoms with E-state index >= 15 is 0 Å². The van der Waals surface area contributed by atoms with Crippen molar-refractivity contribution in [1.29, 1.82) is 0 Å². The van der Waals surface area contributed by atoms with Crippen LogP contribution in [0, 0.1) is 20.2 Å². The molecule has 0 bridgehead atoms. The fourth-order valence-electron chi connectivity index (χ4n) is 3.94. The number of fused-ring (bicyclic) bond motifs is 1. The van der Waals surface area contributed by atoms with Gasteiger partial charge in [-0.2, -0.15) is 0 Å². The first-order valence-corrected chi connectivity index (χ1v) is 11.3. The van der Waals surface area contributed by atoms with Gasteiger partial charge in [0.05, 0.1) is 44.9 Å². The summed E-state index contributed by atoms with van der Waals surface area (Å²) in [7, 11) is 1.23. The minimum absolute atomic E-state index is 0.00125. The predicted octanol–water partition coefficient (Wildman–Crippen LogP) is 2.32. The minimum Gasteiger partial charge on any atom is -0.502 e. The Morgan fingerprint density at radius 3 is 2.50 bits per heavy atom. The molecule has 1 aliphatic rings. The number of carbonyl (C=O) groups is 1. The van der Waals surface area contributed by atoms with E-state index in [1.807, 2.05) is 0 Å². The zero-order chi connectivity index (χ0) is 26.1. The van der Waals surface area contributed by atoms with E-state index in [4.69, 9.17) is 4.74 Å². The zero-order valence-electron chi connectivity index (χ0n) is 18.9. The number of ether oxygens (including phenoxy) is 1. The molecule has 36 heavy (non-hydrogen) atoms. The number of esters is 1. The highest BCUT2D eigenvalue weighted by Crippen LogP contribution is 2.35. The molecule has 0 unspecified atom stereocenters. The second kappa shape index (κ2) is 9.54. The standard InChI is InChI=1S/C23H18N4O8S/c1-3-15-18(22(30)35-2)19(12-7-5-4-6-8-12)25-21(29)17(36-23(25)24-15)10-13-9-14(26(31)32)11-16(20(13)28)27(33)34/h4-11,19,28H,3H2,1-2H3/b17-10-/t19-/m0/s1. The lowest BCUT2D eigenvalue weighted by Crippen LogP contribution is -2.40. The van der Waals surface area contributed by atoms with E-state index < -0.39 is 44.5 Å². The Morgan fingerprint density at radius 1 is 1.22 bits per heavy atom. The van der Waals surface area contributed by atoms with Crippen LogP contribution in [0.3, 0.4) is 0 Å². The highest BCUT2D eigenvalue weighted by Gasteiger charge is 2.34. The number of benzene rings is 2. The summed E-state index contributed by atoms with van der Waals surface area (Å²) in [6.07, 6.45) is 1.51. The molecule has 1 atom stereocenters. The number of phenolic OH excluding ortho intramolecular Hbond substituents is 1. The molecule has 3 aromatic rings. The summed E-state index contributed by atoms with van der Waals surface area (Å²) in [5.74, 6) is -1.47. The molecule has 2 heterocycles. The van der Waals surface area contributed by atoms with Crippen LogP contribution >= 0.6 is 11.3 Å². The number of phenols is 1.